The number of aromatic hydroxyl groups is 1. The van der Waals surface area contributed by atoms with Gasteiger partial charge in [0.15, 0.2) is 0 Å². The summed E-state index contributed by atoms with van der Waals surface area (Å²) >= 11 is 0. The summed E-state index contributed by atoms with van der Waals surface area (Å²) in [7, 11) is 0. The number of phenolic OH excluding ortho intramolecular Hbond substituents is 1. The number of nitrogens with two attached hydrogens (primary N) is 1. The summed E-state index contributed by atoms with van der Waals surface area (Å²) < 4.78 is 1.65. The number of carbonyl (C=O) groups excluding carboxylic acids is 1. The fraction of sp³-hybridized carbons (Fsp3) is 0.267. The molecule has 7 heteroatoms. The lowest BCUT2D eigenvalue weighted by Crippen LogP contribution is -2.25. The molecule has 1 aromatic heterocycles. The molecular weight excluding hydrogens is 462 g/mol. The van der Waals surface area contributed by atoms with E-state index in [-0.39, 0.29) is 11.9 Å². The van der Waals surface area contributed by atoms with Crippen molar-refractivity contribution in [2.45, 2.75) is 39.3 Å². The molecule has 37 heavy (non-hydrogen) atoms. The first-order chi connectivity index (χ1) is 17.9. The minimum absolute atomic E-state index is 0.191. The van der Waals surface area contributed by atoms with Crippen molar-refractivity contribution >= 4 is 11.6 Å². The molecule has 1 heterocycles. The molecule has 4 aromatic rings. The van der Waals surface area contributed by atoms with Crippen molar-refractivity contribution in [3.63, 3.8) is 0 Å². The number of hydrogen-bond donors (Lipinski definition) is 4. The Morgan fingerprint density at radius 2 is 1.86 bits per heavy atom. The molecule has 0 spiro atoms. The number of nitrogens with one attached hydrogen (secondary N) is 2. The molecule has 1 amide bonds. The minimum Gasteiger partial charge on any atom is -0.507 e. The summed E-state index contributed by atoms with van der Waals surface area (Å²) in [5, 5.41) is 22.1. The number of phenols is 1. The molecule has 1 aliphatic rings. The predicted molar refractivity (Wildman–Crippen MR) is 146 cm³/mol. The second-order valence-corrected chi connectivity index (χ2v) is 9.83. The van der Waals surface area contributed by atoms with Gasteiger partial charge in [0.05, 0.1) is 17.4 Å². The Kier molecular flexibility index (Phi) is 7.08. The predicted octanol–water partition coefficient (Wildman–Crippen LogP) is 4.99. The highest BCUT2D eigenvalue weighted by atomic mass is 16.3. The van der Waals surface area contributed by atoms with Crippen LogP contribution in [0.4, 0.5) is 5.69 Å². The third kappa shape index (κ3) is 5.58. The molecule has 1 aliphatic carbocycles. The molecule has 0 saturated heterocycles. The summed E-state index contributed by atoms with van der Waals surface area (Å²) in [5.74, 6) is 0.722. The molecule has 1 saturated carbocycles. The number of benzene rings is 3. The van der Waals surface area contributed by atoms with Crippen molar-refractivity contribution in [1.82, 2.24) is 15.1 Å². The average molecular weight is 496 g/mol. The topological polar surface area (TPSA) is 105 Å². The molecule has 0 bridgehead atoms. The summed E-state index contributed by atoms with van der Waals surface area (Å²) in [6.45, 7) is 5.07. The third-order valence-corrected chi connectivity index (χ3v) is 6.82. The van der Waals surface area contributed by atoms with E-state index in [1.54, 1.807) is 10.7 Å². The van der Waals surface area contributed by atoms with Crippen LogP contribution in [-0.4, -0.2) is 27.3 Å². The van der Waals surface area contributed by atoms with Crippen LogP contribution in [-0.2, 0) is 6.54 Å². The number of para-hydroxylation sites is 1. The molecule has 0 radical (unpaired) electrons. The highest BCUT2D eigenvalue weighted by molar-refractivity contribution is 6.03. The van der Waals surface area contributed by atoms with E-state index in [4.69, 9.17) is 5.73 Å². The van der Waals surface area contributed by atoms with Gasteiger partial charge in [0.1, 0.15) is 11.4 Å². The van der Waals surface area contributed by atoms with Gasteiger partial charge in [-0.25, -0.2) is 4.68 Å². The summed E-state index contributed by atoms with van der Waals surface area (Å²) in [4.78, 5) is 13.4. The number of amides is 1. The van der Waals surface area contributed by atoms with Gasteiger partial charge >= 0.3 is 0 Å². The fourth-order valence-corrected chi connectivity index (χ4v) is 4.59. The number of nitrogens with zero attached hydrogens (tertiary/aromatic N) is 2. The van der Waals surface area contributed by atoms with Crippen LogP contribution >= 0.6 is 0 Å². The highest BCUT2D eigenvalue weighted by Gasteiger charge is 2.25. The fourth-order valence-electron chi connectivity index (χ4n) is 4.59. The highest BCUT2D eigenvalue weighted by Crippen LogP contribution is 2.35. The van der Waals surface area contributed by atoms with Crippen LogP contribution in [0.1, 0.15) is 57.3 Å². The van der Waals surface area contributed by atoms with E-state index in [2.05, 4.69) is 15.7 Å². The number of anilines is 1. The molecular formula is C30H33N5O2. The van der Waals surface area contributed by atoms with Crippen molar-refractivity contribution in [2.75, 3.05) is 11.9 Å². The zero-order valence-electron chi connectivity index (χ0n) is 21.2. The van der Waals surface area contributed by atoms with Crippen molar-refractivity contribution < 1.29 is 9.90 Å². The Bertz CT molecular complexity index is 1420. The molecule has 1 fully saturated rings. The van der Waals surface area contributed by atoms with Gasteiger partial charge in [0.25, 0.3) is 5.91 Å². The molecule has 5 rings (SSSR count). The van der Waals surface area contributed by atoms with E-state index in [1.807, 2.05) is 80.6 Å². The van der Waals surface area contributed by atoms with Gasteiger partial charge in [0, 0.05) is 17.8 Å². The molecule has 1 unspecified atom stereocenters. The van der Waals surface area contributed by atoms with Crippen molar-refractivity contribution in [3.05, 3.63) is 106 Å². The maximum absolute atomic E-state index is 13.4. The quantitative estimate of drug-likeness (QED) is 0.262. The second-order valence-electron chi connectivity index (χ2n) is 9.83. The van der Waals surface area contributed by atoms with Crippen LogP contribution in [0.15, 0.2) is 72.8 Å². The monoisotopic (exact) mass is 495 g/mol. The lowest BCUT2D eigenvalue weighted by Gasteiger charge is -2.22. The minimum atomic E-state index is -0.253. The average Bonchev–Trinajstić information content (AvgIpc) is 3.65. The van der Waals surface area contributed by atoms with Gasteiger partial charge in [-0.2, -0.15) is 5.10 Å². The van der Waals surface area contributed by atoms with Crippen LogP contribution < -0.4 is 16.4 Å². The largest absolute Gasteiger partial charge is 0.507 e. The smallest absolute Gasteiger partial charge is 0.274 e. The van der Waals surface area contributed by atoms with Gasteiger partial charge in [-0.15, -0.1) is 0 Å². The number of rotatable bonds is 9. The van der Waals surface area contributed by atoms with E-state index in [0.29, 0.717) is 29.6 Å². The Morgan fingerprint density at radius 1 is 1.08 bits per heavy atom. The first kappa shape index (κ1) is 24.7. The summed E-state index contributed by atoms with van der Waals surface area (Å²) in [6.07, 6.45) is 2.47. The lowest BCUT2D eigenvalue weighted by molar-refractivity contribution is 0.101. The van der Waals surface area contributed by atoms with Gasteiger partial charge < -0.3 is 21.5 Å². The zero-order chi connectivity index (χ0) is 25.9. The number of aryl methyl sites for hydroxylation is 2. The summed E-state index contributed by atoms with van der Waals surface area (Å²) in [5.41, 5.74) is 12.1. The molecule has 7 nitrogen and oxygen atoms in total. The maximum atomic E-state index is 13.4. The zero-order valence-corrected chi connectivity index (χ0v) is 21.2. The molecule has 3 aromatic carbocycles. The molecule has 0 aliphatic heterocycles. The molecule has 5 N–H and O–H groups in total. The lowest BCUT2D eigenvalue weighted by atomic mass is 9.95. The third-order valence-electron chi connectivity index (χ3n) is 6.82. The van der Waals surface area contributed by atoms with Crippen molar-refractivity contribution in [3.8, 4) is 11.4 Å². The van der Waals surface area contributed by atoms with E-state index in [9.17, 15) is 9.90 Å². The standard InChI is InChI=1S/C30H33N5O2/c1-19-6-3-11-26(29(19)36)28(32-18-21-12-13-21)23-8-5-9-24(16-23)33-30(37)27-14-20(2)34-35(27)25-10-4-7-22(15-25)17-31/h3-11,14-16,21,28,32,36H,12-13,17-18,31H2,1-2H3,(H,33,37). The maximum Gasteiger partial charge on any atom is 0.274 e. The number of carbonyl (C=O) groups is 1. The Hall–Kier alpha value is -3.94. The van der Waals surface area contributed by atoms with Crippen molar-refractivity contribution in [1.29, 1.82) is 0 Å². The van der Waals surface area contributed by atoms with E-state index < -0.39 is 0 Å². The van der Waals surface area contributed by atoms with Gasteiger partial charge in [-0.05, 0) is 86.2 Å². The SMILES string of the molecule is Cc1cc(C(=O)Nc2cccc(C(NCC3CC3)c3cccc(C)c3O)c2)n(-c2cccc(CN)c2)n1. The van der Waals surface area contributed by atoms with Crippen molar-refractivity contribution in [2.24, 2.45) is 11.7 Å². The first-order valence-corrected chi connectivity index (χ1v) is 12.7. The van der Waals surface area contributed by atoms with Gasteiger partial charge in [0.2, 0.25) is 0 Å². The van der Waals surface area contributed by atoms with E-state index in [1.165, 1.54) is 12.8 Å². The van der Waals surface area contributed by atoms with Gasteiger partial charge in [-0.3, -0.25) is 4.79 Å². The van der Waals surface area contributed by atoms with Crippen LogP contribution in [0.5, 0.6) is 5.75 Å². The Balaban J connectivity index is 1.43. The van der Waals surface area contributed by atoms with E-state index >= 15 is 0 Å². The molecule has 1 atom stereocenters. The van der Waals surface area contributed by atoms with Crippen LogP contribution in [0.25, 0.3) is 5.69 Å². The first-order valence-electron chi connectivity index (χ1n) is 12.7. The Morgan fingerprint density at radius 3 is 2.65 bits per heavy atom. The Labute approximate surface area is 217 Å². The second kappa shape index (κ2) is 10.6. The van der Waals surface area contributed by atoms with Crippen LogP contribution in [0.2, 0.25) is 0 Å². The number of hydrogen-bond acceptors (Lipinski definition) is 5. The van der Waals surface area contributed by atoms with Crippen LogP contribution in [0.3, 0.4) is 0 Å². The van der Waals surface area contributed by atoms with Crippen LogP contribution in [0, 0.1) is 19.8 Å². The van der Waals surface area contributed by atoms with Gasteiger partial charge in [-0.1, -0.05) is 42.5 Å². The normalized spacial score (nSPS) is 13.9. The molecule has 190 valence electrons. The summed E-state index contributed by atoms with van der Waals surface area (Å²) in [6, 6.07) is 22.9. The number of aromatic nitrogens is 2. The van der Waals surface area contributed by atoms with E-state index in [0.717, 1.165) is 40.2 Å².